The van der Waals surface area contributed by atoms with Gasteiger partial charge in [0.05, 0.1) is 26.4 Å². The minimum absolute atomic E-state index is 0.105. The Morgan fingerprint density at radius 2 is 0.575 bits per heavy atom. The number of hydrogen-bond donors (Lipinski definition) is 3. The second-order valence-electron chi connectivity index (χ2n) is 22.6. The summed E-state index contributed by atoms with van der Waals surface area (Å²) in [4.78, 5) is 71.9. The second-order valence-corrected chi connectivity index (χ2v) is 25.5. The van der Waals surface area contributed by atoms with Crippen LogP contribution >= 0.6 is 15.6 Å². The summed E-state index contributed by atoms with van der Waals surface area (Å²) in [6.07, 6.45) is 37.6. The highest BCUT2D eigenvalue weighted by atomic mass is 31.2. The molecule has 2 unspecified atom stereocenters. The molecule has 0 fully saturated rings. The van der Waals surface area contributed by atoms with E-state index in [9.17, 15) is 43.2 Å². The summed E-state index contributed by atoms with van der Waals surface area (Å²) in [7, 11) is -9.87. The number of aliphatic hydroxyl groups excluding tert-OH is 1. The molecule has 19 heteroatoms. The van der Waals surface area contributed by atoms with Crippen molar-refractivity contribution in [1.82, 2.24) is 0 Å². The van der Waals surface area contributed by atoms with Gasteiger partial charge in [-0.15, -0.1) is 0 Å². The van der Waals surface area contributed by atoms with Crippen LogP contribution in [-0.4, -0.2) is 96.7 Å². The highest BCUT2D eigenvalue weighted by molar-refractivity contribution is 7.47. The maximum atomic E-state index is 12.9. The third-order valence-electron chi connectivity index (χ3n) is 14.0. The van der Waals surface area contributed by atoms with Gasteiger partial charge in [0.2, 0.25) is 0 Å². The van der Waals surface area contributed by atoms with Crippen molar-refractivity contribution < 1.29 is 80.2 Å². The molecule has 0 aromatic carbocycles. The van der Waals surface area contributed by atoms with Gasteiger partial charge in [-0.25, -0.2) is 9.13 Å². The number of ether oxygens (including phenoxy) is 4. The molecule has 0 aromatic rings. The fourth-order valence-corrected chi connectivity index (χ4v) is 10.6. The summed E-state index contributed by atoms with van der Waals surface area (Å²) in [5, 5.41) is 10.5. The van der Waals surface area contributed by atoms with Gasteiger partial charge < -0.3 is 33.8 Å². The molecule has 0 heterocycles. The molecule has 0 bridgehead atoms. The van der Waals surface area contributed by atoms with Crippen molar-refractivity contribution in [2.75, 3.05) is 39.6 Å². The number of esters is 4. The summed E-state index contributed by atoms with van der Waals surface area (Å²) < 4.78 is 67.7. The van der Waals surface area contributed by atoms with Crippen LogP contribution in [0.25, 0.3) is 0 Å². The van der Waals surface area contributed by atoms with Crippen LogP contribution in [0.3, 0.4) is 0 Å². The monoisotopic (exact) mass is 1180 g/mol. The van der Waals surface area contributed by atoms with Gasteiger partial charge in [-0.1, -0.05) is 253 Å². The molecule has 0 aliphatic carbocycles. The van der Waals surface area contributed by atoms with E-state index < -0.39 is 97.5 Å². The van der Waals surface area contributed by atoms with Gasteiger partial charge in [-0.2, -0.15) is 0 Å². The van der Waals surface area contributed by atoms with Crippen LogP contribution < -0.4 is 0 Å². The number of carbonyl (C=O) groups excluding carboxylic acids is 4. The smallest absolute Gasteiger partial charge is 0.462 e. The molecule has 474 valence electrons. The summed E-state index contributed by atoms with van der Waals surface area (Å²) in [5.74, 6) is -1.38. The molecule has 0 aliphatic heterocycles. The third-order valence-corrected chi connectivity index (χ3v) is 15.9. The van der Waals surface area contributed by atoms with E-state index in [0.29, 0.717) is 25.7 Å². The number of aliphatic hydroxyl groups is 1. The maximum absolute atomic E-state index is 12.9. The first-order valence-electron chi connectivity index (χ1n) is 32.1. The topological polar surface area (TPSA) is 237 Å². The lowest BCUT2D eigenvalue weighted by Crippen LogP contribution is -2.30. The number of phosphoric acid groups is 2. The normalized spacial score (nSPS) is 14.3. The average molecular weight is 1190 g/mol. The molecule has 17 nitrogen and oxygen atoms in total. The van der Waals surface area contributed by atoms with Gasteiger partial charge in [-0.3, -0.25) is 37.3 Å². The van der Waals surface area contributed by atoms with Crippen LogP contribution in [0.1, 0.15) is 304 Å². The number of phosphoric ester groups is 2. The van der Waals surface area contributed by atoms with E-state index in [4.69, 9.17) is 37.0 Å². The summed E-state index contributed by atoms with van der Waals surface area (Å²) in [5.41, 5.74) is 0. The van der Waals surface area contributed by atoms with Gasteiger partial charge in [-0.05, 0) is 31.6 Å². The van der Waals surface area contributed by atoms with E-state index in [-0.39, 0.29) is 25.7 Å². The van der Waals surface area contributed by atoms with E-state index in [1.807, 2.05) is 0 Å². The average Bonchev–Trinajstić information content (AvgIpc) is 3.42. The molecular weight excluding hydrogens is 1070 g/mol. The Hall–Kier alpha value is -1.94. The van der Waals surface area contributed by atoms with Gasteiger partial charge in [0, 0.05) is 25.7 Å². The van der Waals surface area contributed by atoms with Crippen molar-refractivity contribution in [1.29, 1.82) is 0 Å². The quantitative estimate of drug-likeness (QED) is 0.0222. The van der Waals surface area contributed by atoms with Crippen LogP contribution in [0.5, 0.6) is 0 Å². The Morgan fingerprint density at radius 3 is 0.850 bits per heavy atom. The van der Waals surface area contributed by atoms with Crippen LogP contribution in [0.2, 0.25) is 0 Å². The lowest BCUT2D eigenvalue weighted by Gasteiger charge is -2.21. The molecule has 3 N–H and O–H groups in total. The van der Waals surface area contributed by atoms with Crippen molar-refractivity contribution >= 4 is 39.5 Å². The van der Waals surface area contributed by atoms with Gasteiger partial charge >= 0.3 is 39.5 Å². The third kappa shape index (κ3) is 55.3. The Labute approximate surface area is 486 Å². The molecule has 5 atom stereocenters. The van der Waals surface area contributed by atoms with Gasteiger partial charge in [0.15, 0.2) is 12.2 Å². The number of unbranched alkanes of at least 4 members (excludes halogenated alkanes) is 33. The first-order chi connectivity index (χ1) is 38.5. The minimum Gasteiger partial charge on any atom is -0.462 e. The highest BCUT2D eigenvalue weighted by Crippen LogP contribution is 2.45. The summed E-state index contributed by atoms with van der Waals surface area (Å²) >= 11 is 0. The Balaban J connectivity index is 5.20. The Bertz CT molecular complexity index is 1570. The van der Waals surface area contributed by atoms with Crippen LogP contribution in [-0.2, 0) is 65.4 Å². The zero-order valence-electron chi connectivity index (χ0n) is 51.2. The molecule has 0 rings (SSSR count). The van der Waals surface area contributed by atoms with Crippen molar-refractivity contribution in [2.24, 2.45) is 5.92 Å². The molecule has 0 radical (unpaired) electrons. The fourth-order valence-electron chi connectivity index (χ4n) is 9.05. The standard InChI is InChI=1S/C61H118O17P2/c1-6-9-12-15-18-20-26-30-35-40-45-59(64)72-51-57(78-61(66)47-42-37-32-27-23-21-22-25-29-33-38-43-54(4)5)53-76-80(69,70)74-49-55(62)48-73-79(67,68)75-52-56(50-71-58(63)44-39-34-28-17-14-11-8-3)77-60(65)46-41-36-31-24-19-16-13-10-7-2/h54-57,62H,6-53H2,1-5H3,(H,67,68)(H,69,70)/t55-,56+,57+/m0/s1. The minimum atomic E-state index is -4.94. The predicted octanol–water partition coefficient (Wildman–Crippen LogP) is 16.6. The number of hydrogen-bond acceptors (Lipinski definition) is 15. The van der Waals surface area contributed by atoms with Crippen molar-refractivity contribution in [3.05, 3.63) is 0 Å². The zero-order chi connectivity index (χ0) is 59.2. The molecule has 0 aliphatic rings. The molecule has 0 saturated heterocycles. The number of carbonyl (C=O) groups is 4. The van der Waals surface area contributed by atoms with E-state index >= 15 is 0 Å². The van der Waals surface area contributed by atoms with Crippen molar-refractivity contribution in [2.45, 2.75) is 323 Å². The van der Waals surface area contributed by atoms with E-state index in [1.165, 1.54) is 116 Å². The predicted molar refractivity (Wildman–Crippen MR) is 317 cm³/mol. The first kappa shape index (κ1) is 78.1. The van der Waals surface area contributed by atoms with Gasteiger partial charge in [0.1, 0.15) is 19.3 Å². The van der Waals surface area contributed by atoms with Crippen LogP contribution in [0.15, 0.2) is 0 Å². The largest absolute Gasteiger partial charge is 0.472 e. The van der Waals surface area contributed by atoms with Crippen LogP contribution in [0, 0.1) is 5.92 Å². The molecule has 0 saturated carbocycles. The molecule has 80 heavy (non-hydrogen) atoms. The van der Waals surface area contributed by atoms with Crippen molar-refractivity contribution in [3.8, 4) is 0 Å². The van der Waals surface area contributed by atoms with E-state index in [0.717, 1.165) is 109 Å². The number of rotatable bonds is 61. The Kier molecular flexibility index (Phi) is 53.6. The first-order valence-corrected chi connectivity index (χ1v) is 35.1. The lowest BCUT2D eigenvalue weighted by molar-refractivity contribution is -0.161. The highest BCUT2D eigenvalue weighted by Gasteiger charge is 2.30. The SMILES string of the molecule is CCCCCCCCCCCCC(=O)OC[C@H](COP(=O)(O)OC[C@@H](O)COP(=O)(O)OC[C@@H](COC(=O)CCCCCCCCC)OC(=O)CCCCCCCCCCC)OC(=O)CCCCCCCCCCCCCC(C)C. The van der Waals surface area contributed by atoms with E-state index in [1.54, 1.807) is 0 Å². The molecule has 0 amide bonds. The van der Waals surface area contributed by atoms with E-state index in [2.05, 4.69) is 34.6 Å². The van der Waals surface area contributed by atoms with Crippen LogP contribution in [0.4, 0.5) is 0 Å². The maximum Gasteiger partial charge on any atom is 0.472 e. The zero-order valence-corrected chi connectivity index (χ0v) is 53.0. The molecule has 0 aromatic heterocycles. The summed E-state index contributed by atoms with van der Waals surface area (Å²) in [6.45, 7) is 7.11. The second kappa shape index (κ2) is 55.0. The van der Waals surface area contributed by atoms with Crippen molar-refractivity contribution in [3.63, 3.8) is 0 Å². The lowest BCUT2D eigenvalue weighted by atomic mass is 10.0. The summed E-state index contributed by atoms with van der Waals surface area (Å²) in [6, 6.07) is 0. The molecular formula is C61H118O17P2. The fraction of sp³-hybridized carbons (Fsp3) is 0.934. The molecule has 0 spiro atoms. The van der Waals surface area contributed by atoms with Gasteiger partial charge in [0.25, 0.3) is 0 Å². The Morgan fingerprint density at radius 1 is 0.338 bits per heavy atom.